The van der Waals surface area contributed by atoms with Crippen molar-refractivity contribution in [3.63, 3.8) is 0 Å². The molecule has 0 aliphatic carbocycles. The van der Waals surface area contributed by atoms with Gasteiger partial charge in [-0.05, 0) is 24.1 Å². The summed E-state index contributed by atoms with van der Waals surface area (Å²) >= 11 is 0. The van der Waals surface area contributed by atoms with E-state index in [-0.39, 0.29) is 0 Å². The minimum Gasteiger partial charge on any atom is -0.372 e. The van der Waals surface area contributed by atoms with Crippen molar-refractivity contribution < 1.29 is 0 Å². The summed E-state index contributed by atoms with van der Waals surface area (Å²) in [5.74, 6) is 0. The van der Waals surface area contributed by atoms with Crippen molar-refractivity contribution in [2.75, 3.05) is 18.5 Å². The summed E-state index contributed by atoms with van der Waals surface area (Å²) in [7, 11) is 1.94. The van der Waals surface area contributed by atoms with Crippen LogP contribution in [0.4, 0.5) is 5.69 Å². The topological polar surface area (TPSA) is 53.0 Å². The predicted octanol–water partition coefficient (Wildman–Crippen LogP) is 1.54. The highest BCUT2D eigenvalue weighted by molar-refractivity contribution is 5.47. The molecule has 1 atom stereocenters. The monoisotopic (exact) mass is 203 g/mol. The Morgan fingerprint density at radius 1 is 1.40 bits per heavy atom. The van der Waals surface area contributed by atoms with Gasteiger partial charge in [-0.25, -0.2) is 0 Å². The van der Waals surface area contributed by atoms with E-state index in [9.17, 15) is 0 Å². The lowest BCUT2D eigenvalue weighted by molar-refractivity contribution is 0.785. The molecule has 0 saturated heterocycles. The van der Waals surface area contributed by atoms with Crippen LogP contribution in [-0.2, 0) is 6.42 Å². The van der Waals surface area contributed by atoms with Gasteiger partial charge in [-0.3, -0.25) is 0 Å². The van der Waals surface area contributed by atoms with E-state index in [1.165, 1.54) is 5.56 Å². The summed E-state index contributed by atoms with van der Waals surface area (Å²) < 4.78 is 0. The smallest absolute Gasteiger partial charge is 0.110 e. The van der Waals surface area contributed by atoms with Crippen molar-refractivity contribution in [3.8, 4) is 6.07 Å². The predicted molar refractivity (Wildman–Crippen MR) is 62.7 cm³/mol. The first-order valence-electron chi connectivity index (χ1n) is 5.12. The number of hydrogen-bond acceptors (Lipinski definition) is 3. The van der Waals surface area contributed by atoms with Gasteiger partial charge in [0.15, 0.2) is 0 Å². The molecule has 1 aromatic rings. The summed E-state index contributed by atoms with van der Waals surface area (Å²) in [6, 6.07) is 9.91. The van der Waals surface area contributed by atoms with Gasteiger partial charge >= 0.3 is 0 Å². The maximum Gasteiger partial charge on any atom is 0.110 e. The Morgan fingerprint density at radius 3 is 2.47 bits per heavy atom. The van der Waals surface area contributed by atoms with E-state index < -0.39 is 6.04 Å². The Kier molecular flexibility index (Phi) is 4.14. The van der Waals surface area contributed by atoms with Crippen LogP contribution >= 0.6 is 0 Å². The van der Waals surface area contributed by atoms with E-state index in [0.29, 0.717) is 6.54 Å². The SMILES string of the molecule is CCc1ccc(N(C)CC(N)C#N)cc1. The van der Waals surface area contributed by atoms with Crippen molar-refractivity contribution in [2.24, 2.45) is 5.73 Å². The lowest BCUT2D eigenvalue weighted by Crippen LogP contribution is -2.33. The van der Waals surface area contributed by atoms with Crippen molar-refractivity contribution in [2.45, 2.75) is 19.4 Å². The minimum atomic E-state index is -0.430. The number of nitrogens with zero attached hydrogens (tertiary/aromatic N) is 2. The normalized spacial score (nSPS) is 11.9. The summed E-state index contributed by atoms with van der Waals surface area (Å²) in [5.41, 5.74) is 7.98. The zero-order valence-electron chi connectivity index (χ0n) is 9.27. The summed E-state index contributed by atoms with van der Waals surface area (Å²) in [6.45, 7) is 2.69. The molecule has 0 heterocycles. The Labute approximate surface area is 91.1 Å². The van der Waals surface area contributed by atoms with Crippen LogP contribution in [0.2, 0.25) is 0 Å². The Hall–Kier alpha value is -1.53. The first-order valence-corrected chi connectivity index (χ1v) is 5.12. The molecular weight excluding hydrogens is 186 g/mol. The van der Waals surface area contributed by atoms with Crippen molar-refractivity contribution in [3.05, 3.63) is 29.8 Å². The number of anilines is 1. The molecule has 1 unspecified atom stereocenters. The second-order valence-corrected chi connectivity index (χ2v) is 3.64. The van der Waals surface area contributed by atoms with E-state index in [2.05, 4.69) is 31.2 Å². The molecule has 80 valence electrons. The number of benzene rings is 1. The molecule has 0 aliphatic heterocycles. The zero-order chi connectivity index (χ0) is 11.3. The molecular formula is C12H17N3. The average molecular weight is 203 g/mol. The largest absolute Gasteiger partial charge is 0.372 e. The number of nitrogens with two attached hydrogens (primary N) is 1. The van der Waals surface area contributed by atoms with Gasteiger partial charge < -0.3 is 10.6 Å². The lowest BCUT2D eigenvalue weighted by atomic mass is 10.1. The number of likely N-dealkylation sites (N-methyl/N-ethyl adjacent to an activating group) is 1. The van der Waals surface area contributed by atoms with Crippen molar-refractivity contribution in [1.82, 2.24) is 0 Å². The van der Waals surface area contributed by atoms with Gasteiger partial charge in [0, 0.05) is 19.3 Å². The fraction of sp³-hybridized carbons (Fsp3) is 0.417. The minimum absolute atomic E-state index is 0.430. The van der Waals surface area contributed by atoms with E-state index in [0.717, 1.165) is 12.1 Å². The third kappa shape index (κ3) is 3.26. The molecule has 0 bridgehead atoms. The fourth-order valence-electron chi connectivity index (χ4n) is 1.43. The second kappa shape index (κ2) is 5.38. The highest BCUT2D eigenvalue weighted by Crippen LogP contribution is 2.13. The quantitative estimate of drug-likeness (QED) is 0.807. The first kappa shape index (κ1) is 11.5. The highest BCUT2D eigenvalue weighted by atomic mass is 15.1. The van der Waals surface area contributed by atoms with Crippen LogP contribution in [0, 0.1) is 11.3 Å². The summed E-state index contributed by atoms with van der Waals surface area (Å²) in [6.07, 6.45) is 1.04. The van der Waals surface area contributed by atoms with Gasteiger partial charge in [0.25, 0.3) is 0 Å². The molecule has 0 aromatic heterocycles. The molecule has 3 nitrogen and oxygen atoms in total. The highest BCUT2D eigenvalue weighted by Gasteiger charge is 2.05. The lowest BCUT2D eigenvalue weighted by Gasteiger charge is -2.20. The Bertz CT molecular complexity index is 337. The van der Waals surface area contributed by atoms with Gasteiger partial charge in [-0.15, -0.1) is 0 Å². The Balaban J connectivity index is 2.66. The van der Waals surface area contributed by atoms with Gasteiger partial charge in [0.05, 0.1) is 6.07 Å². The van der Waals surface area contributed by atoms with Crippen LogP contribution in [0.5, 0.6) is 0 Å². The number of hydrogen-bond donors (Lipinski definition) is 1. The van der Waals surface area contributed by atoms with E-state index in [1.54, 1.807) is 0 Å². The van der Waals surface area contributed by atoms with Crippen molar-refractivity contribution >= 4 is 5.69 Å². The van der Waals surface area contributed by atoms with Crippen LogP contribution in [-0.4, -0.2) is 19.6 Å². The van der Waals surface area contributed by atoms with Gasteiger partial charge in [-0.1, -0.05) is 19.1 Å². The van der Waals surface area contributed by atoms with Crippen molar-refractivity contribution in [1.29, 1.82) is 5.26 Å². The molecule has 15 heavy (non-hydrogen) atoms. The molecule has 0 fully saturated rings. The maximum absolute atomic E-state index is 8.61. The fourth-order valence-corrected chi connectivity index (χ4v) is 1.43. The molecule has 0 radical (unpaired) electrons. The van der Waals surface area contributed by atoms with Crippen LogP contribution in [0.25, 0.3) is 0 Å². The van der Waals surface area contributed by atoms with Crippen LogP contribution < -0.4 is 10.6 Å². The molecule has 0 saturated carbocycles. The molecule has 0 aliphatic rings. The molecule has 1 rings (SSSR count). The molecule has 3 heteroatoms. The zero-order valence-corrected chi connectivity index (χ0v) is 9.27. The number of rotatable bonds is 4. The van der Waals surface area contributed by atoms with Gasteiger partial charge in [-0.2, -0.15) is 5.26 Å². The van der Waals surface area contributed by atoms with Gasteiger partial charge in [0.2, 0.25) is 0 Å². The van der Waals surface area contributed by atoms with Crippen LogP contribution in [0.15, 0.2) is 24.3 Å². The molecule has 0 amide bonds. The molecule has 0 spiro atoms. The average Bonchev–Trinajstić information content (AvgIpc) is 2.29. The maximum atomic E-state index is 8.61. The van der Waals surface area contributed by atoms with E-state index >= 15 is 0 Å². The van der Waals surface area contributed by atoms with Crippen LogP contribution in [0.3, 0.4) is 0 Å². The third-order valence-electron chi connectivity index (χ3n) is 2.42. The van der Waals surface area contributed by atoms with E-state index in [4.69, 9.17) is 11.0 Å². The second-order valence-electron chi connectivity index (χ2n) is 3.64. The van der Waals surface area contributed by atoms with Gasteiger partial charge in [0.1, 0.15) is 6.04 Å². The first-order chi connectivity index (χ1) is 7.17. The van der Waals surface area contributed by atoms with Crippen LogP contribution in [0.1, 0.15) is 12.5 Å². The van der Waals surface area contributed by atoms with E-state index in [1.807, 2.05) is 18.0 Å². The molecule has 1 aromatic carbocycles. The summed E-state index contributed by atoms with van der Waals surface area (Å²) in [4.78, 5) is 1.99. The number of nitriles is 1. The third-order valence-corrected chi connectivity index (χ3v) is 2.42. The molecule has 2 N–H and O–H groups in total. The summed E-state index contributed by atoms with van der Waals surface area (Å²) in [5, 5.41) is 8.61. The Morgan fingerprint density at radius 2 is 2.00 bits per heavy atom. The standard InChI is InChI=1S/C12H17N3/c1-3-10-4-6-12(7-5-10)15(2)9-11(14)8-13/h4-7,11H,3,9,14H2,1-2H3. The number of aryl methyl sites for hydroxylation is 1.